The van der Waals surface area contributed by atoms with E-state index in [-0.39, 0.29) is 23.4 Å². The monoisotopic (exact) mass is 643 g/mol. The molecule has 8 nitrogen and oxygen atoms in total. The molecule has 2 N–H and O–H groups in total. The molecule has 6 rings (SSSR count). The van der Waals surface area contributed by atoms with E-state index in [4.69, 9.17) is 4.74 Å². The lowest BCUT2D eigenvalue weighted by atomic mass is 9.88. The average molecular weight is 644 g/mol. The van der Waals surface area contributed by atoms with Crippen molar-refractivity contribution in [3.05, 3.63) is 112 Å². The van der Waals surface area contributed by atoms with Crippen LogP contribution in [0.5, 0.6) is 5.75 Å². The second kappa shape index (κ2) is 14.8. The van der Waals surface area contributed by atoms with E-state index in [0.29, 0.717) is 30.4 Å². The van der Waals surface area contributed by atoms with Gasteiger partial charge in [-0.25, -0.2) is 9.78 Å². The summed E-state index contributed by atoms with van der Waals surface area (Å²) in [7, 11) is 0. The summed E-state index contributed by atoms with van der Waals surface area (Å²) in [4.78, 5) is 40.9. The third-order valence-corrected chi connectivity index (χ3v) is 9.27. The second-order valence-corrected chi connectivity index (χ2v) is 13.5. The first-order valence-electron chi connectivity index (χ1n) is 17.1. The summed E-state index contributed by atoms with van der Waals surface area (Å²) in [5, 5.41) is 4.11. The molecule has 0 aliphatic heterocycles. The van der Waals surface area contributed by atoms with Crippen molar-refractivity contribution in [3.8, 4) is 16.9 Å². The van der Waals surface area contributed by atoms with Gasteiger partial charge < -0.3 is 15.0 Å². The molecule has 3 aromatic heterocycles. The van der Waals surface area contributed by atoms with E-state index in [2.05, 4.69) is 72.2 Å². The van der Waals surface area contributed by atoms with Gasteiger partial charge in [-0.2, -0.15) is 0 Å². The molecule has 2 aromatic carbocycles. The van der Waals surface area contributed by atoms with Crippen LogP contribution in [0.15, 0.2) is 90.1 Å². The second-order valence-electron chi connectivity index (χ2n) is 13.5. The Kier molecular flexibility index (Phi) is 10.2. The van der Waals surface area contributed by atoms with Crippen LogP contribution in [0, 0.1) is 5.92 Å². The molecule has 0 bridgehead atoms. The number of nitrogens with one attached hydrogen (secondary N) is 2. The van der Waals surface area contributed by atoms with Gasteiger partial charge in [0.25, 0.3) is 5.56 Å². The Labute approximate surface area is 282 Å². The van der Waals surface area contributed by atoms with E-state index in [1.165, 1.54) is 6.42 Å². The largest absolute Gasteiger partial charge is 0.489 e. The molecular weight excluding hydrogens is 598 g/mol. The van der Waals surface area contributed by atoms with Crippen LogP contribution in [-0.2, 0) is 6.61 Å². The zero-order chi connectivity index (χ0) is 33.6. The van der Waals surface area contributed by atoms with Crippen molar-refractivity contribution in [1.82, 2.24) is 15.0 Å². The SMILES string of the molecule is CC(C)c1cc(-c2cccc(OCc3cccnc3)c2)cc(C(C)C)c1NC(=O)N(CC1CCCCC1)c1cc2cccnc2[nH]c1=O. The fraction of sp³-hybridized carbons (Fsp3) is 0.350. The lowest BCUT2D eigenvalue weighted by Crippen LogP contribution is -2.42. The van der Waals surface area contributed by atoms with Crippen LogP contribution < -0.4 is 20.5 Å². The smallest absolute Gasteiger partial charge is 0.326 e. The number of ether oxygens (including phenoxy) is 1. The minimum Gasteiger partial charge on any atom is -0.489 e. The van der Waals surface area contributed by atoms with E-state index < -0.39 is 0 Å². The van der Waals surface area contributed by atoms with Crippen LogP contribution in [0.25, 0.3) is 22.2 Å². The van der Waals surface area contributed by atoms with Crippen molar-refractivity contribution in [3.63, 3.8) is 0 Å². The number of H-pyrrole nitrogens is 1. The topological polar surface area (TPSA) is 100 Å². The average Bonchev–Trinajstić information content (AvgIpc) is 3.10. The molecule has 3 heterocycles. The van der Waals surface area contributed by atoms with Gasteiger partial charge in [-0.15, -0.1) is 0 Å². The van der Waals surface area contributed by atoms with Crippen LogP contribution >= 0.6 is 0 Å². The van der Waals surface area contributed by atoms with Gasteiger partial charge >= 0.3 is 6.03 Å². The summed E-state index contributed by atoms with van der Waals surface area (Å²) < 4.78 is 6.12. The van der Waals surface area contributed by atoms with Crippen LogP contribution in [-0.4, -0.2) is 27.5 Å². The maximum atomic E-state index is 14.4. The van der Waals surface area contributed by atoms with Gasteiger partial charge in [0.15, 0.2) is 0 Å². The van der Waals surface area contributed by atoms with Crippen LogP contribution in [0.3, 0.4) is 0 Å². The van der Waals surface area contributed by atoms with Crippen molar-refractivity contribution in [2.75, 3.05) is 16.8 Å². The highest BCUT2D eigenvalue weighted by atomic mass is 16.5. The molecule has 0 radical (unpaired) electrons. The first-order valence-corrected chi connectivity index (χ1v) is 17.1. The standard InChI is InChI=1S/C40H45N5O3/c1-26(2)34-20-32(30-14-8-16-33(19-30)48-25-29-13-9-17-41-23-29)21-35(27(3)4)37(34)43-40(47)45(24-28-11-6-5-7-12-28)36-22-31-15-10-18-42-38(31)44-39(36)46/h8-10,13-23,26-28H,5-7,11-12,24-25H2,1-4H3,(H,43,47)(H,42,44,46). The number of carbonyl (C=O) groups is 1. The molecule has 248 valence electrons. The van der Waals surface area contributed by atoms with Crippen LogP contribution in [0.1, 0.15) is 88.3 Å². The van der Waals surface area contributed by atoms with Crippen molar-refractivity contribution in [1.29, 1.82) is 0 Å². The Hall–Kier alpha value is -4.98. The van der Waals surface area contributed by atoms with Crippen molar-refractivity contribution >= 4 is 28.4 Å². The van der Waals surface area contributed by atoms with Crippen LogP contribution in [0.4, 0.5) is 16.2 Å². The number of nitrogens with zero attached hydrogens (tertiary/aromatic N) is 3. The molecule has 5 aromatic rings. The molecule has 1 fully saturated rings. The number of benzene rings is 2. The lowest BCUT2D eigenvalue weighted by Gasteiger charge is -2.31. The van der Waals surface area contributed by atoms with Gasteiger partial charge in [-0.1, -0.05) is 65.2 Å². The fourth-order valence-corrected chi connectivity index (χ4v) is 6.64. The number of hydrogen-bond acceptors (Lipinski definition) is 5. The zero-order valence-electron chi connectivity index (χ0n) is 28.3. The summed E-state index contributed by atoms with van der Waals surface area (Å²) in [5.74, 6) is 1.37. The lowest BCUT2D eigenvalue weighted by molar-refractivity contribution is 0.254. The summed E-state index contributed by atoms with van der Waals surface area (Å²) in [6, 6.07) is 21.6. The fourth-order valence-electron chi connectivity index (χ4n) is 6.64. The Morgan fingerprint density at radius 3 is 2.38 bits per heavy atom. The van der Waals surface area contributed by atoms with Gasteiger partial charge in [0.05, 0.1) is 0 Å². The Morgan fingerprint density at radius 1 is 0.917 bits per heavy atom. The first-order chi connectivity index (χ1) is 23.3. The summed E-state index contributed by atoms with van der Waals surface area (Å²) >= 11 is 0. The number of pyridine rings is 3. The molecule has 0 saturated heterocycles. The van der Waals surface area contributed by atoms with Gasteiger partial charge in [0, 0.05) is 41.8 Å². The first kappa shape index (κ1) is 32.9. The van der Waals surface area contributed by atoms with E-state index >= 15 is 0 Å². The number of aromatic nitrogens is 3. The van der Waals surface area contributed by atoms with Crippen molar-refractivity contribution in [2.45, 2.75) is 78.2 Å². The molecule has 0 spiro atoms. The van der Waals surface area contributed by atoms with Crippen molar-refractivity contribution < 1.29 is 9.53 Å². The highest BCUT2D eigenvalue weighted by Gasteiger charge is 2.27. The quantitative estimate of drug-likeness (QED) is 0.158. The van der Waals surface area contributed by atoms with Gasteiger partial charge in [0.2, 0.25) is 0 Å². The molecule has 48 heavy (non-hydrogen) atoms. The molecule has 0 unspecified atom stereocenters. The van der Waals surface area contributed by atoms with E-state index in [1.54, 1.807) is 23.4 Å². The predicted molar refractivity (Wildman–Crippen MR) is 194 cm³/mol. The molecular formula is C40H45N5O3. The molecule has 1 aliphatic rings. The number of rotatable bonds is 10. The normalized spacial score (nSPS) is 13.6. The predicted octanol–water partition coefficient (Wildman–Crippen LogP) is 9.43. The zero-order valence-corrected chi connectivity index (χ0v) is 28.3. The van der Waals surface area contributed by atoms with E-state index in [9.17, 15) is 9.59 Å². The molecule has 8 heteroatoms. The maximum Gasteiger partial charge on any atom is 0.326 e. The minimum atomic E-state index is -0.318. The number of aromatic amines is 1. The Bertz CT molecular complexity index is 1900. The minimum absolute atomic E-state index is 0.129. The number of hydrogen-bond donors (Lipinski definition) is 2. The highest BCUT2D eigenvalue weighted by Crippen LogP contribution is 2.38. The number of amides is 2. The number of fused-ring (bicyclic) bond motifs is 1. The number of carbonyl (C=O) groups excluding carboxylic acids is 1. The molecule has 0 atom stereocenters. The van der Waals surface area contributed by atoms with E-state index in [0.717, 1.165) is 70.3 Å². The molecule has 2 amide bonds. The Morgan fingerprint density at radius 2 is 1.67 bits per heavy atom. The number of anilines is 2. The summed E-state index contributed by atoms with van der Waals surface area (Å²) in [6.45, 7) is 9.50. The van der Waals surface area contributed by atoms with Gasteiger partial charge in [0.1, 0.15) is 23.7 Å². The van der Waals surface area contributed by atoms with E-state index in [1.807, 2.05) is 42.6 Å². The van der Waals surface area contributed by atoms with Gasteiger partial charge in [-0.3, -0.25) is 14.7 Å². The number of urea groups is 1. The van der Waals surface area contributed by atoms with Gasteiger partial charge in [-0.05, 0) is 101 Å². The molecule has 1 aliphatic carbocycles. The third kappa shape index (κ3) is 7.59. The Balaban J connectivity index is 1.35. The van der Waals surface area contributed by atoms with Crippen molar-refractivity contribution in [2.24, 2.45) is 5.92 Å². The summed E-state index contributed by atoms with van der Waals surface area (Å²) in [5.41, 5.74) is 6.53. The maximum absolute atomic E-state index is 14.4. The summed E-state index contributed by atoms with van der Waals surface area (Å²) in [6.07, 6.45) is 10.8. The van der Waals surface area contributed by atoms with Crippen LogP contribution in [0.2, 0.25) is 0 Å². The highest BCUT2D eigenvalue weighted by molar-refractivity contribution is 6.03. The molecule has 1 saturated carbocycles. The third-order valence-electron chi connectivity index (χ3n) is 9.27.